The molecule has 6 heteroatoms. The van der Waals surface area contributed by atoms with Crippen LogP contribution in [0.1, 0.15) is 45.2 Å². The number of allylic oxidation sites excluding steroid dienone is 2. The van der Waals surface area contributed by atoms with Gasteiger partial charge in [-0.1, -0.05) is 32.6 Å². The lowest BCUT2D eigenvalue weighted by Crippen LogP contribution is -2.42. The Labute approximate surface area is 187 Å². The third kappa shape index (κ3) is 7.33. The number of hydrogen-bond donors (Lipinski definition) is 3. The fraction of sp³-hybridized carbons (Fsp3) is 0.480. The SMILES string of the molecule is C=C/C(=C1/NC(=NCCNCCNC(C)(C)CC)C=CN1C)c1cc(CC)ccc1F. The lowest BCUT2D eigenvalue weighted by molar-refractivity contribution is 0.375. The molecule has 0 atom stereocenters. The van der Waals surface area contributed by atoms with Crippen LogP contribution in [0.15, 0.2) is 53.9 Å². The predicted molar refractivity (Wildman–Crippen MR) is 130 cm³/mol. The standard InChI is InChI=1S/C25H38FN5/c1-7-19-10-11-22(26)21(18-19)20(8-2)24-30-23(12-17-31(24)6)28-15-13-27-14-16-29-25(4,5)9-3/h8,10-12,17-18,27,29H,2,7,9,13-16H2,1,3-6H3,(H,28,30)/b24-20+. The van der Waals surface area contributed by atoms with Crippen LogP contribution in [0.25, 0.3) is 5.57 Å². The van der Waals surface area contributed by atoms with E-state index >= 15 is 0 Å². The molecule has 1 aliphatic heterocycles. The van der Waals surface area contributed by atoms with Crippen molar-refractivity contribution >= 4 is 11.4 Å². The maximum absolute atomic E-state index is 14.6. The smallest absolute Gasteiger partial charge is 0.131 e. The van der Waals surface area contributed by atoms with Crippen LogP contribution >= 0.6 is 0 Å². The third-order valence-electron chi connectivity index (χ3n) is 5.60. The second-order valence-corrected chi connectivity index (χ2v) is 8.37. The molecule has 3 N–H and O–H groups in total. The van der Waals surface area contributed by atoms with Gasteiger partial charge in [0.1, 0.15) is 17.5 Å². The van der Waals surface area contributed by atoms with Crippen LogP contribution in [0.4, 0.5) is 4.39 Å². The average molecular weight is 428 g/mol. The highest BCUT2D eigenvalue weighted by Crippen LogP contribution is 2.26. The van der Waals surface area contributed by atoms with E-state index in [4.69, 9.17) is 0 Å². The summed E-state index contributed by atoms with van der Waals surface area (Å²) in [7, 11) is 1.92. The summed E-state index contributed by atoms with van der Waals surface area (Å²) >= 11 is 0. The number of aryl methyl sites for hydroxylation is 1. The lowest BCUT2D eigenvalue weighted by atomic mass is 10.0. The summed E-state index contributed by atoms with van der Waals surface area (Å²) in [6, 6.07) is 5.23. The van der Waals surface area contributed by atoms with E-state index in [9.17, 15) is 4.39 Å². The third-order valence-corrected chi connectivity index (χ3v) is 5.60. The number of nitrogens with zero attached hydrogens (tertiary/aromatic N) is 2. The normalized spacial score (nSPS) is 17.1. The van der Waals surface area contributed by atoms with Gasteiger partial charge in [-0.2, -0.15) is 0 Å². The molecular weight excluding hydrogens is 389 g/mol. The summed E-state index contributed by atoms with van der Waals surface area (Å²) in [5, 5.41) is 10.3. The van der Waals surface area contributed by atoms with Crippen molar-refractivity contribution in [2.45, 2.75) is 46.1 Å². The van der Waals surface area contributed by atoms with Gasteiger partial charge < -0.3 is 20.9 Å². The molecule has 0 bridgehead atoms. The molecule has 0 saturated carbocycles. The molecule has 0 aromatic heterocycles. The minimum atomic E-state index is -0.257. The van der Waals surface area contributed by atoms with Gasteiger partial charge in [0, 0.05) is 49.6 Å². The van der Waals surface area contributed by atoms with Gasteiger partial charge in [0.05, 0.1) is 6.54 Å². The minimum Gasteiger partial charge on any atom is -0.337 e. The quantitative estimate of drug-likeness (QED) is 0.466. The number of nitrogens with one attached hydrogen (secondary N) is 3. The number of aliphatic imine (C=N–C) groups is 1. The first-order chi connectivity index (χ1) is 14.8. The van der Waals surface area contributed by atoms with Crippen LogP contribution < -0.4 is 16.0 Å². The maximum Gasteiger partial charge on any atom is 0.131 e. The first kappa shape index (κ1) is 24.8. The molecule has 0 saturated heterocycles. The summed E-state index contributed by atoms with van der Waals surface area (Å²) < 4.78 is 14.6. The topological polar surface area (TPSA) is 51.7 Å². The Bertz CT molecular complexity index is 838. The van der Waals surface area contributed by atoms with Gasteiger partial charge in [0.25, 0.3) is 0 Å². The molecule has 0 spiro atoms. The van der Waals surface area contributed by atoms with E-state index in [0.717, 1.165) is 55.3 Å². The minimum absolute atomic E-state index is 0.173. The van der Waals surface area contributed by atoms with Crippen LogP contribution in [-0.2, 0) is 6.42 Å². The van der Waals surface area contributed by atoms with Gasteiger partial charge in [0.15, 0.2) is 0 Å². The van der Waals surface area contributed by atoms with Crippen molar-refractivity contribution in [1.82, 2.24) is 20.9 Å². The largest absolute Gasteiger partial charge is 0.337 e. The van der Waals surface area contributed by atoms with E-state index in [2.05, 4.69) is 55.2 Å². The van der Waals surface area contributed by atoms with Crippen LogP contribution in [0.5, 0.6) is 0 Å². The molecule has 5 nitrogen and oxygen atoms in total. The summed E-state index contributed by atoms with van der Waals surface area (Å²) in [5.74, 6) is 1.26. The van der Waals surface area contributed by atoms with Crippen molar-refractivity contribution in [2.75, 3.05) is 33.2 Å². The average Bonchev–Trinajstić information content (AvgIpc) is 2.76. The second-order valence-electron chi connectivity index (χ2n) is 8.37. The van der Waals surface area contributed by atoms with Crippen molar-refractivity contribution in [3.8, 4) is 0 Å². The summed E-state index contributed by atoms with van der Waals surface area (Å²) in [6.45, 7) is 15.9. The first-order valence-electron chi connectivity index (χ1n) is 11.1. The molecular formula is C25H38FN5. The Morgan fingerprint density at radius 1 is 1.26 bits per heavy atom. The van der Waals surface area contributed by atoms with Crippen molar-refractivity contribution in [2.24, 2.45) is 4.99 Å². The van der Waals surface area contributed by atoms with Gasteiger partial charge in [-0.15, -0.1) is 0 Å². The highest BCUT2D eigenvalue weighted by atomic mass is 19.1. The van der Waals surface area contributed by atoms with E-state index in [-0.39, 0.29) is 11.4 Å². The Hall–Kier alpha value is -2.44. The molecule has 0 unspecified atom stereocenters. The molecule has 170 valence electrons. The number of halogens is 1. The molecule has 0 amide bonds. The number of hydrogen-bond acceptors (Lipinski definition) is 4. The zero-order chi connectivity index (χ0) is 22.9. The predicted octanol–water partition coefficient (Wildman–Crippen LogP) is 4.06. The fourth-order valence-electron chi connectivity index (χ4n) is 3.19. The van der Waals surface area contributed by atoms with Crippen molar-refractivity contribution in [3.05, 3.63) is 65.9 Å². The van der Waals surface area contributed by atoms with Crippen LogP contribution in [-0.4, -0.2) is 49.5 Å². The summed E-state index contributed by atoms with van der Waals surface area (Å²) in [6.07, 6.45) is 7.50. The van der Waals surface area contributed by atoms with E-state index in [1.165, 1.54) is 6.07 Å². The molecule has 1 aliphatic rings. The Kier molecular flexibility index (Phi) is 9.46. The lowest BCUT2D eigenvalue weighted by Gasteiger charge is -2.27. The molecule has 0 fully saturated rings. The fourth-order valence-corrected chi connectivity index (χ4v) is 3.19. The zero-order valence-electron chi connectivity index (χ0n) is 19.7. The molecule has 1 heterocycles. The maximum atomic E-state index is 14.6. The Morgan fingerprint density at radius 2 is 2.03 bits per heavy atom. The highest BCUT2D eigenvalue weighted by Gasteiger charge is 2.18. The van der Waals surface area contributed by atoms with Gasteiger partial charge in [0.2, 0.25) is 0 Å². The van der Waals surface area contributed by atoms with Gasteiger partial charge in [-0.25, -0.2) is 4.39 Å². The van der Waals surface area contributed by atoms with E-state index in [1.807, 2.05) is 36.4 Å². The van der Waals surface area contributed by atoms with Crippen LogP contribution in [0.2, 0.25) is 0 Å². The Balaban J connectivity index is 2.02. The molecule has 2 rings (SSSR count). The molecule has 1 aromatic rings. The van der Waals surface area contributed by atoms with Gasteiger partial charge in [-0.05, 0) is 50.5 Å². The van der Waals surface area contributed by atoms with Gasteiger partial charge >= 0.3 is 0 Å². The highest BCUT2D eigenvalue weighted by molar-refractivity contribution is 5.96. The second kappa shape index (κ2) is 11.8. The zero-order valence-corrected chi connectivity index (χ0v) is 19.7. The monoisotopic (exact) mass is 427 g/mol. The molecule has 0 aliphatic carbocycles. The van der Waals surface area contributed by atoms with Crippen molar-refractivity contribution in [3.63, 3.8) is 0 Å². The molecule has 31 heavy (non-hydrogen) atoms. The molecule has 1 aromatic carbocycles. The number of amidine groups is 1. The summed E-state index contributed by atoms with van der Waals surface area (Å²) in [4.78, 5) is 6.57. The van der Waals surface area contributed by atoms with Crippen molar-refractivity contribution < 1.29 is 4.39 Å². The van der Waals surface area contributed by atoms with E-state index < -0.39 is 0 Å². The Morgan fingerprint density at radius 3 is 2.71 bits per heavy atom. The van der Waals surface area contributed by atoms with E-state index in [1.54, 1.807) is 6.08 Å². The molecule has 0 radical (unpaired) electrons. The van der Waals surface area contributed by atoms with E-state index in [0.29, 0.717) is 12.1 Å². The number of rotatable bonds is 11. The van der Waals surface area contributed by atoms with Crippen LogP contribution in [0.3, 0.4) is 0 Å². The van der Waals surface area contributed by atoms with Crippen molar-refractivity contribution in [1.29, 1.82) is 0 Å². The first-order valence-corrected chi connectivity index (χ1v) is 11.1. The summed E-state index contributed by atoms with van der Waals surface area (Å²) in [5.41, 5.74) is 2.52. The van der Waals surface area contributed by atoms with Crippen LogP contribution in [0, 0.1) is 5.82 Å². The van der Waals surface area contributed by atoms with Gasteiger partial charge in [-0.3, -0.25) is 4.99 Å². The number of benzene rings is 1.